The normalized spacial score (nSPS) is 24.6. The second-order valence-corrected chi connectivity index (χ2v) is 7.29. The van der Waals surface area contributed by atoms with Gasteiger partial charge in [0.2, 0.25) is 0 Å². The van der Waals surface area contributed by atoms with Crippen molar-refractivity contribution in [2.24, 2.45) is 5.92 Å². The monoisotopic (exact) mass is 338 g/mol. The predicted octanol–water partition coefficient (Wildman–Crippen LogP) is 2.44. The Bertz CT molecular complexity index is 719. The Morgan fingerprint density at radius 1 is 1.16 bits per heavy atom. The minimum atomic E-state index is 0.121. The van der Waals surface area contributed by atoms with E-state index >= 15 is 0 Å². The fourth-order valence-corrected chi connectivity index (χ4v) is 4.28. The quantitative estimate of drug-likeness (QED) is 0.806. The van der Waals surface area contributed by atoms with Crippen molar-refractivity contribution in [2.75, 3.05) is 19.6 Å². The highest BCUT2D eigenvalue weighted by Gasteiger charge is 2.37. The minimum Gasteiger partial charge on any atom is -0.357 e. The Balaban J connectivity index is 1.41. The van der Waals surface area contributed by atoms with Crippen molar-refractivity contribution in [3.8, 4) is 0 Å². The van der Waals surface area contributed by atoms with Crippen LogP contribution in [0.25, 0.3) is 0 Å². The topological polar surface area (TPSA) is 60.2 Å². The fourth-order valence-electron chi connectivity index (χ4n) is 4.28. The van der Waals surface area contributed by atoms with E-state index in [1.165, 1.54) is 11.1 Å². The van der Waals surface area contributed by atoms with Crippen LogP contribution in [0.5, 0.6) is 0 Å². The standard InChI is InChI=1S/C20H26N4O/c1-14-4-2-5-16(12-14)17-13-22-23-19(17)15-7-10-24(11-8-15)20(25)18-6-3-9-21-18/h2-6,9,12,15,17,19,21-23H,7-8,10-11,13H2,1H3. The van der Waals surface area contributed by atoms with Crippen molar-refractivity contribution in [1.82, 2.24) is 20.7 Å². The fraction of sp³-hybridized carbons (Fsp3) is 0.450. The van der Waals surface area contributed by atoms with Gasteiger partial charge in [-0.2, -0.15) is 0 Å². The van der Waals surface area contributed by atoms with Crippen LogP contribution in [0.15, 0.2) is 42.6 Å². The summed E-state index contributed by atoms with van der Waals surface area (Å²) < 4.78 is 0. The average Bonchev–Trinajstić information content (AvgIpc) is 3.33. The van der Waals surface area contributed by atoms with Gasteiger partial charge in [-0.15, -0.1) is 0 Å². The Labute approximate surface area is 148 Å². The molecule has 3 heterocycles. The second-order valence-electron chi connectivity index (χ2n) is 7.29. The first-order valence-electron chi connectivity index (χ1n) is 9.20. The third kappa shape index (κ3) is 3.34. The zero-order chi connectivity index (χ0) is 17.2. The van der Waals surface area contributed by atoms with Crippen molar-refractivity contribution in [2.45, 2.75) is 31.7 Å². The molecule has 2 aromatic rings. The second kappa shape index (κ2) is 7.02. The van der Waals surface area contributed by atoms with E-state index in [9.17, 15) is 4.79 Å². The zero-order valence-electron chi connectivity index (χ0n) is 14.7. The van der Waals surface area contributed by atoms with Gasteiger partial charge in [0, 0.05) is 37.8 Å². The maximum absolute atomic E-state index is 12.5. The Hall–Kier alpha value is -2.11. The molecule has 2 aliphatic heterocycles. The van der Waals surface area contributed by atoms with Crippen LogP contribution in [0.1, 0.15) is 40.4 Å². The molecule has 0 spiro atoms. The van der Waals surface area contributed by atoms with Crippen molar-refractivity contribution in [3.05, 3.63) is 59.4 Å². The molecule has 2 atom stereocenters. The molecule has 2 saturated heterocycles. The Kier molecular flexibility index (Phi) is 4.59. The minimum absolute atomic E-state index is 0.121. The maximum atomic E-state index is 12.5. The van der Waals surface area contributed by atoms with Gasteiger partial charge in [0.1, 0.15) is 5.69 Å². The van der Waals surface area contributed by atoms with Crippen molar-refractivity contribution in [1.29, 1.82) is 0 Å². The summed E-state index contributed by atoms with van der Waals surface area (Å²) in [7, 11) is 0. The van der Waals surface area contributed by atoms with E-state index in [4.69, 9.17) is 0 Å². The van der Waals surface area contributed by atoms with Gasteiger partial charge >= 0.3 is 0 Å². The SMILES string of the molecule is Cc1cccc(C2CNNC2C2CCN(C(=O)c3ccc[nH]3)CC2)c1. The number of hydrogen-bond donors (Lipinski definition) is 3. The van der Waals surface area contributed by atoms with Crippen LogP contribution in [0, 0.1) is 12.8 Å². The number of nitrogens with zero attached hydrogens (tertiary/aromatic N) is 1. The highest BCUT2D eigenvalue weighted by Crippen LogP contribution is 2.32. The number of hydrogen-bond acceptors (Lipinski definition) is 3. The van der Waals surface area contributed by atoms with Crippen LogP contribution in [0.2, 0.25) is 0 Å². The molecule has 25 heavy (non-hydrogen) atoms. The Morgan fingerprint density at radius 3 is 2.72 bits per heavy atom. The number of piperidine rings is 1. The van der Waals surface area contributed by atoms with E-state index in [-0.39, 0.29) is 5.91 Å². The summed E-state index contributed by atoms with van der Waals surface area (Å²) in [6.45, 7) is 4.79. The molecular formula is C20H26N4O. The lowest BCUT2D eigenvalue weighted by Crippen LogP contribution is -2.45. The van der Waals surface area contributed by atoms with Crippen LogP contribution in [0.4, 0.5) is 0 Å². The summed E-state index contributed by atoms with van der Waals surface area (Å²) in [5.74, 6) is 1.21. The summed E-state index contributed by atoms with van der Waals surface area (Å²) in [6, 6.07) is 13.0. The highest BCUT2D eigenvalue weighted by atomic mass is 16.2. The summed E-state index contributed by atoms with van der Waals surface area (Å²) in [6.07, 6.45) is 3.91. The highest BCUT2D eigenvalue weighted by molar-refractivity contribution is 5.92. The van der Waals surface area contributed by atoms with E-state index in [0.29, 0.717) is 23.6 Å². The average molecular weight is 338 g/mol. The molecular weight excluding hydrogens is 312 g/mol. The van der Waals surface area contributed by atoms with E-state index in [2.05, 4.69) is 47.0 Å². The summed E-state index contributed by atoms with van der Waals surface area (Å²) >= 11 is 0. The van der Waals surface area contributed by atoms with Crippen molar-refractivity contribution in [3.63, 3.8) is 0 Å². The molecule has 0 bridgehead atoms. The van der Waals surface area contributed by atoms with Gasteiger partial charge in [-0.3, -0.25) is 15.6 Å². The van der Waals surface area contributed by atoms with Crippen LogP contribution >= 0.6 is 0 Å². The molecule has 0 radical (unpaired) electrons. The number of aryl methyl sites for hydroxylation is 1. The number of nitrogens with one attached hydrogen (secondary N) is 3. The lowest BCUT2D eigenvalue weighted by atomic mass is 9.80. The maximum Gasteiger partial charge on any atom is 0.270 e. The van der Waals surface area contributed by atoms with E-state index in [1.807, 2.05) is 17.0 Å². The first-order chi connectivity index (χ1) is 12.2. The largest absolute Gasteiger partial charge is 0.357 e. The molecule has 4 rings (SSSR count). The summed E-state index contributed by atoms with van der Waals surface area (Å²) in [4.78, 5) is 17.5. The predicted molar refractivity (Wildman–Crippen MR) is 98.3 cm³/mol. The van der Waals surface area contributed by atoms with Crippen LogP contribution in [0.3, 0.4) is 0 Å². The lowest BCUT2D eigenvalue weighted by Gasteiger charge is -2.36. The molecule has 3 N–H and O–H groups in total. The smallest absolute Gasteiger partial charge is 0.270 e. The van der Waals surface area contributed by atoms with Gasteiger partial charge in [0.25, 0.3) is 5.91 Å². The van der Waals surface area contributed by atoms with Gasteiger partial charge in [-0.05, 0) is 43.4 Å². The number of carbonyl (C=O) groups excluding carboxylic acids is 1. The van der Waals surface area contributed by atoms with Crippen molar-refractivity contribution < 1.29 is 4.79 Å². The third-order valence-electron chi connectivity index (χ3n) is 5.66. The third-order valence-corrected chi connectivity index (χ3v) is 5.66. The molecule has 2 unspecified atom stereocenters. The Morgan fingerprint density at radius 2 is 2.00 bits per heavy atom. The zero-order valence-corrected chi connectivity index (χ0v) is 14.7. The number of carbonyl (C=O) groups is 1. The molecule has 2 aliphatic rings. The molecule has 5 heteroatoms. The van der Waals surface area contributed by atoms with Gasteiger partial charge in [0.15, 0.2) is 0 Å². The van der Waals surface area contributed by atoms with Crippen LogP contribution < -0.4 is 10.9 Å². The number of rotatable bonds is 3. The number of aromatic nitrogens is 1. The van der Waals surface area contributed by atoms with Crippen LogP contribution in [-0.4, -0.2) is 41.5 Å². The molecule has 132 valence electrons. The summed E-state index contributed by atoms with van der Waals surface area (Å²) in [5.41, 5.74) is 10.3. The molecule has 0 saturated carbocycles. The van der Waals surface area contributed by atoms with Gasteiger partial charge in [-0.1, -0.05) is 29.8 Å². The number of likely N-dealkylation sites (tertiary alicyclic amines) is 1. The molecule has 1 aromatic heterocycles. The van der Waals surface area contributed by atoms with Gasteiger partial charge in [-0.25, -0.2) is 0 Å². The summed E-state index contributed by atoms with van der Waals surface area (Å²) in [5, 5.41) is 0. The number of hydrazine groups is 1. The first-order valence-corrected chi connectivity index (χ1v) is 9.20. The molecule has 5 nitrogen and oxygen atoms in total. The number of H-pyrrole nitrogens is 1. The van der Waals surface area contributed by atoms with E-state index < -0.39 is 0 Å². The van der Waals surface area contributed by atoms with E-state index in [0.717, 1.165) is 32.5 Å². The number of amides is 1. The van der Waals surface area contributed by atoms with Gasteiger partial charge in [0.05, 0.1) is 0 Å². The molecule has 0 aliphatic carbocycles. The molecule has 1 amide bonds. The number of aromatic amines is 1. The first kappa shape index (κ1) is 16.4. The van der Waals surface area contributed by atoms with Crippen LogP contribution in [-0.2, 0) is 0 Å². The molecule has 2 fully saturated rings. The molecule has 1 aromatic carbocycles. The van der Waals surface area contributed by atoms with Crippen molar-refractivity contribution >= 4 is 5.91 Å². The lowest BCUT2D eigenvalue weighted by molar-refractivity contribution is 0.0665. The van der Waals surface area contributed by atoms with Gasteiger partial charge < -0.3 is 9.88 Å². The van der Waals surface area contributed by atoms with E-state index in [1.54, 1.807) is 6.20 Å². The number of benzene rings is 1.